The molecule has 0 radical (unpaired) electrons. The highest BCUT2D eigenvalue weighted by Crippen LogP contribution is 2.34. The standard InChI is InChI=1S/C23H21N3O9S/c1-32-17-9-13(26(30)31)6-7-15(17)24-21(27)12-35-23(29)14-10-18(33-2)19(34-3)11-16(14)25-22(28)20-5-4-8-36-20/h4-11H,12H2,1-3H3,(H,24,27)(H,25,28). The van der Waals surface area contributed by atoms with E-state index in [1.165, 1.54) is 56.9 Å². The summed E-state index contributed by atoms with van der Waals surface area (Å²) in [6.07, 6.45) is 0. The number of nitro groups is 1. The molecule has 3 rings (SSSR count). The number of hydrogen-bond donors (Lipinski definition) is 2. The highest BCUT2D eigenvalue weighted by molar-refractivity contribution is 7.12. The molecule has 3 aromatic rings. The summed E-state index contributed by atoms with van der Waals surface area (Å²) in [7, 11) is 4.07. The van der Waals surface area contributed by atoms with Crippen LogP contribution in [0.25, 0.3) is 0 Å². The number of hydrogen-bond acceptors (Lipinski definition) is 10. The Morgan fingerprint density at radius 3 is 2.22 bits per heavy atom. The van der Waals surface area contributed by atoms with E-state index in [-0.39, 0.29) is 39.9 Å². The van der Waals surface area contributed by atoms with Crippen molar-refractivity contribution in [1.82, 2.24) is 0 Å². The zero-order valence-corrected chi connectivity index (χ0v) is 20.2. The fourth-order valence-corrected chi connectivity index (χ4v) is 3.65. The summed E-state index contributed by atoms with van der Waals surface area (Å²) in [6, 6.07) is 9.69. The van der Waals surface area contributed by atoms with Crippen molar-refractivity contribution in [2.24, 2.45) is 0 Å². The van der Waals surface area contributed by atoms with Crippen LogP contribution in [0.1, 0.15) is 20.0 Å². The Labute approximate surface area is 208 Å². The molecule has 2 N–H and O–H groups in total. The van der Waals surface area contributed by atoms with Gasteiger partial charge in [-0.2, -0.15) is 0 Å². The van der Waals surface area contributed by atoms with Crippen LogP contribution < -0.4 is 24.8 Å². The van der Waals surface area contributed by atoms with Crippen LogP contribution in [-0.4, -0.2) is 50.6 Å². The second-order valence-electron chi connectivity index (χ2n) is 6.95. The van der Waals surface area contributed by atoms with Crippen molar-refractivity contribution in [2.45, 2.75) is 0 Å². The van der Waals surface area contributed by atoms with Gasteiger partial charge in [0.1, 0.15) is 5.75 Å². The predicted molar refractivity (Wildman–Crippen MR) is 130 cm³/mol. The van der Waals surface area contributed by atoms with Crippen LogP contribution in [-0.2, 0) is 9.53 Å². The molecule has 13 heteroatoms. The van der Waals surface area contributed by atoms with Gasteiger partial charge in [0.15, 0.2) is 18.1 Å². The molecule has 0 aliphatic carbocycles. The van der Waals surface area contributed by atoms with E-state index in [1.54, 1.807) is 17.5 Å². The highest BCUT2D eigenvalue weighted by Gasteiger charge is 2.22. The average Bonchev–Trinajstić information content (AvgIpc) is 3.42. The smallest absolute Gasteiger partial charge is 0.340 e. The molecule has 0 aliphatic rings. The molecule has 0 fully saturated rings. The first-order valence-electron chi connectivity index (χ1n) is 10.2. The van der Waals surface area contributed by atoms with Gasteiger partial charge in [0, 0.05) is 18.2 Å². The van der Waals surface area contributed by atoms with Crippen LogP contribution in [0.15, 0.2) is 47.8 Å². The van der Waals surface area contributed by atoms with Crippen LogP contribution in [0, 0.1) is 10.1 Å². The third-order valence-corrected chi connectivity index (χ3v) is 5.61. The van der Waals surface area contributed by atoms with Gasteiger partial charge in [0.05, 0.1) is 54.1 Å². The Kier molecular flexibility index (Phi) is 8.41. The number of benzene rings is 2. The average molecular weight is 516 g/mol. The topological polar surface area (TPSA) is 155 Å². The second-order valence-corrected chi connectivity index (χ2v) is 7.90. The highest BCUT2D eigenvalue weighted by atomic mass is 32.1. The van der Waals surface area contributed by atoms with Crippen molar-refractivity contribution in [2.75, 3.05) is 38.6 Å². The molecule has 0 saturated heterocycles. The predicted octanol–water partition coefficient (Wildman–Crippen LogP) is 3.73. The number of anilines is 2. The summed E-state index contributed by atoms with van der Waals surface area (Å²) in [5.41, 5.74) is -0.0483. The van der Waals surface area contributed by atoms with Crippen molar-refractivity contribution in [3.05, 3.63) is 68.4 Å². The number of nitrogens with zero attached hydrogens (tertiary/aromatic N) is 1. The Balaban J connectivity index is 1.76. The SMILES string of the molecule is COc1cc([N+](=O)[O-])ccc1NC(=O)COC(=O)c1cc(OC)c(OC)cc1NC(=O)c1cccs1. The molecule has 1 aromatic heterocycles. The fraction of sp³-hybridized carbons (Fsp3) is 0.174. The van der Waals surface area contributed by atoms with Gasteiger partial charge in [-0.1, -0.05) is 6.07 Å². The minimum absolute atomic E-state index is 0.0577. The Morgan fingerprint density at radius 1 is 0.917 bits per heavy atom. The van der Waals surface area contributed by atoms with Gasteiger partial charge in [-0.15, -0.1) is 11.3 Å². The minimum atomic E-state index is -0.914. The van der Waals surface area contributed by atoms with Gasteiger partial charge in [0.25, 0.3) is 17.5 Å². The van der Waals surface area contributed by atoms with E-state index in [0.717, 1.165) is 6.07 Å². The van der Waals surface area contributed by atoms with Crippen molar-refractivity contribution < 1.29 is 38.3 Å². The molecule has 12 nitrogen and oxygen atoms in total. The Hall–Kier alpha value is -4.65. The molecule has 0 bridgehead atoms. The van der Waals surface area contributed by atoms with Gasteiger partial charge < -0.3 is 29.6 Å². The van der Waals surface area contributed by atoms with Crippen LogP contribution in [0.2, 0.25) is 0 Å². The Morgan fingerprint density at radius 2 is 1.61 bits per heavy atom. The molecule has 0 unspecified atom stereocenters. The summed E-state index contributed by atoms with van der Waals surface area (Å²) in [4.78, 5) is 48.5. The first kappa shape index (κ1) is 26.0. The van der Waals surface area contributed by atoms with Gasteiger partial charge in [-0.05, 0) is 17.5 Å². The number of nitrogens with one attached hydrogen (secondary N) is 2. The molecular formula is C23H21N3O9S. The molecular weight excluding hydrogens is 494 g/mol. The van der Waals surface area contributed by atoms with Crippen LogP contribution in [0.4, 0.5) is 17.1 Å². The van der Waals surface area contributed by atoms with Crippen molar-refractivity contribution in [1.29, 1.82) is 0 Å². The normalized spacial score (nSPS) is 10.2. The first-order chi connectivity index (χ1) is 17.3. The Bertz CT molecular complexity index is 1290. The number of esters is 1. The van der Waals surface area contributed by atoms with Crippen molar-refractivity contribution in [3.8, 4) is 17.2 Å². The lowest BCUT2D eigenvalue weighted by molar-refractivity contribution is -0.384. The largest absolute Gasteiger partial charge is 0.494 e. The third kappa shape index (κ3) is 6.07. The third-order valence-electron chi connectivity index (χ3n) is 4.74. The second kappa shape index (κ2) is 11.7. The number of rotatable bonds is 10. The lowest BCUT2D eigenvalue weighted by atomic mass is 10.1. The molecule has 0 spiro atoms. The van der Waals surface area contributed by atoms with E-state index in [9.17, 15) is 24.5 Å². The number of non-ortho nitro benzene ring substituents is 1. The van der Waals surface area contributed by atoms with Crippen molar-refractivity contribution >= 4 is 46.2 Å². The maximum atomic E-state index is 12.9. The molecule has 1 heterocycles. The molecule has 2 aromatic carbocycles. The van der Waals surface area contributed by atoms with Gasteiger partial charge in [0.2, 0.25) is 0 Å². The van der Waals surface area contributed by atoms with Crippen molar-refractivity contribution in [3.63, 3.8) is 0 Å². The fourth-order valence-electron chi connectivity index (χ4n) is 3.03. The monoisotopic (exact) mass is 515 g/mol. The number of methoxy groups -OCH3 is 3. The number of ether oxygens (including phenoxy) is 4. The zero-order chi connectivity index (χ0) is 26.2. The molecule has 0 atom stereocenters. The summed E-state index contributed by atoms with van der Waals surface area (Å²) in [5.74, 6) is -1.56. The molecule has 0 aliphatic heterocycles. The van der Waals surface area contributed by atoms with Crippen LogP contribution >= 0.6 is 11.3 Å². The van der Waals surface area contributed by atoms with E-state index >= 15 is 0 Å². The van der Waals surface area contributed by atoms with Gasteiger partial charge in [-0.25, -0.2) is 4.79 Å². The summed E-state index contributed by atoms with van der Waals surface area (Å²) in [5, 5.41) is 17.8. The van der Waals surface area contributed by atoms with E-state index < -0.39 is 29.3 Å². The number of carbonyl (C=O) groups excluding carboxylic acids is 3. The number of carbonyl (C=O) groups is 3. The van der Waals surface area contributed by atoms with E-state index in [1.807, 2.05) is 0 Å². The van der Waals surface area contributed by atoms with E-state index in [4.69, 9.17) is 18.9 Å². The van der Waals surface area contributed by atoms with Crippen LogP contribution in [0.5, 0.6) is 17.2 Å². The quantitative estimate of drug-likeness (QED) is 0.233. The molecule has 2 amide bonds. The number of thiophene rings is 1. The first-order valence-corrected chi connectivity index (χ1v) is 11.1. The maximum absolute atomic E-state index is 12.9. The lowest BCUT2D eigenvalue weighted by Gasteiger charge is -2.15. The molecule has 36 heavy (non-hydrogen) atoms. The summed E-state index contributed by atoms with van der Waals surface area (Å²) >= 11 is 1.22. The number of nitro benzene ring substituents is 1. The lowest BCUT2D eigenvalue weighted by Crippen LogP contribution is -2.22. The van der Waals surface area contributed by atoms with Gasteiger partial charge >= 0.3 is 5.97 Å². The molecule has 188 valence electrons. The van der Waals surface area contributed by atoms with E-state index in [0.29, 0.717) is 4.88 Å². The summed E-state index contributed by atoms with van der Waals surface area (Å²) in [6.45, 7) is -0.689. The summed E-state index contributed by atoms with van der Waals surface area (Å²) < 4.78 is 20.7. The zero-order valence-electron chi connectivity index (χ0n) is 19.4. The van der Waals surface area contributed by atoms with Crippen LogP contribution in [0.3, 0.4) is 0 Å². The molecule has 0 saturated carbocycles. The maximum Gasteiger partial charge on any atom is 0.340 e. The minimum Gasteiger partial charge on any atom is -0.494 e. The number of amides is 2. The van der Waals surface area contributed by atoms with Gasteiger partial charge in [-0.3, -0.25) is 19.7 Å². The van der Waals surface area contributed by atoms with E-state index in [2.05, 4.69) is 10.6 Å².